The molecule has 0 spiro atoms. The maximum absolute atomic E-state index is 11.9. The molecule has 2 saturated heterocycles. The first kappa shape index (κ1) is 17.9. The molecule has 3 atom stereocenters. The van der Waals surface area contributed by atoms with Crippen LogP contribution < -0.4 is 0 Å². The van der Waals surface area contributed by atoms with Crippen LogP contribution in [0.4, 0.5) is 0 Å². The lowest BCUT2D eigenvalue weighted by Gasteiger charge is -2.42. The van der Waals surface area contributed by atoms with Crippen molar-refractivity contribution in [3.8, 4) is 5.75 Å². The quantitative estimate of drug-likeness (QED) is 0.749. The Hall–Kier alpha value is -2.54. The Morgan fingerprint density at radius 3 is 2.59 bits per heavy atom. The molecular weight excluding hydrogens is 346 g/mol. The Bertz CT molecular complexity index is 863. The number of phenols is 1. The summed E-state index contributed by atoms with van der Waals surface area (Å²) in [6.45, 7) is 2.03. The van der Waals surface area contributed by atoms with Crippen molar-refractivity contribution in [1.82, 2.24) is 14.8 Å². The molecule has 2 aliphatic rings. The number of piperidine rings is 1. The minimum absolute atomic E-state index is 0.000589. The highest BCUT2D eigenvalue weighted by Gasteiger charge is 2.43. The van der Waals surface area contributed by atoms with Gasteiger partial charge in [0.25, 0.3) is 0 Å². The van der Waals surface area contributed by atoms with E-state index < -0.39 is 5.97 Å². The average molecular weight is 371 g/mol. The number of fused-ring (bicyclic) bond motifs is 3. The molecule has 3 heterocycles. The summed E-state index contributed by atoms with van der Waals surface area (Å²) in [5.41, 5.74) is 2.17. The van der Waals surface area contributed by atoms with Crippen molar-refractivity contribution in [1.29, 1.82) is 0 Å². The number of aromatic amines is 1. The summed E-state index contributed by atoms with van der Waals surface area (Å²) in [6, 6.07) is 6.06. The van der Waals surface area contributed by atoms with Gasteiger partial charge in [-0.1, -0.05) is 0 Å². The van der Waals surface area contributed by atoms with Crippen LogP contribution >= 0.6 is 0 Å². The van der Waals surface area contributed by atoms with E-state index in [-0.39, 0.29) is 24.2 Å². The summed E-state index contributed by atoms with van der Waals surface area (Å²) in [4.78, 5) is 30.4. The number of hydrogen-bond acceptors (Lipinski definition) is 4. The Labute approximate surface area is 157 Å². The van der Waals surface area contributed by atoms with Gasteiger partial charge >= 0.3 is 5.97 Å². The number of phenolic OH excluding ortho intramolecular Hbond substituents is 1. The van der Waals surface area contributed by atoms with Gasteiger partial charge in [-0.05, 0) is 49.4 Å². The van der Waals surface area contributed by atoms with Crippen LogP contribution in [0.25, 0.3) is 10.9 Å². The number of benzene rings is 1. The second-order valence-corrected chi connectivity index (χ2v) is 7.77. The highest BCUT2D eigenvalue weighted by atomic mass is 16.4. The topological polar surface area (TPSA) is 96.9 Å². The molecule has 2 fully saturated rings. The second-order valence-electron chi connectivity index (χ2n) is 7.77. The van der Waals surface area contributed by atoms with Gasteiger partial charge in [-0.2, -0.15) is 0 Å². The van der Waals surface area contributed by atoms with Gasteiger partial charge in [-0.15, -0.1) is 0 Å². The van der Waals surface area contributed by atoms with Crippen LogP contribution in [0, 0.1) is 0 Å². The second kappa shape index (κ2) is 6.88. The molecule has 0 radical (unpaired) electrons. The highest BCUT2D eigenvalue weighted by molar-refractivity contribution is 5.84. The predicted octanol–water partition coefficient (Wildman–Crippen LogP) is 2.30. The van der Waals surface area contributed by atoms with Crippen LogP contribution in [-0.2, 0) is 16.1 Å². The number of rotatable bonds is 5. The highest BCUT2D eigenvalue weighted by Crippen LogP contribution is 2.39. The number of hydrogen-bond donors (Lipinski definition) is 3. The maximum Gasteiger partial charge on any atom is 0.323 e. The molecule has 2 aliphatic heterocycles. The van der Waals surface area contributed by atoms with Crippen molar-refractivity contribution < 1.29 is 19.8 Å². The van der Waals surface area contributed by atoms with Gasteiger partial charge in [0.2, 0.25) is 5.91 Å². The number of aliphatic carboxylic acids is 1. The molecule has 1 aromatic heterocycles. The first-order valence-corrected chi connectivity index (χ1v) is 9.46. The van der Waals surface area contributed by atoms with E-state index >= 15 is 0 Å². The average Bonchev–Trinajstić information content (AvgIpc) is 3.09. The largest absolute Gasteiger partial charge is 0.508 e. The van der Waals surface area contributed by atoms with E-state index in [1.807, 2.05) is 12.3 Å². The first-order valence-electron chi connectivity index (χ1n) is 9.46. The number of carbonyl (C=O) groups is 2. The Kier molecular flexibility index (Phi) is 4.55. The summed E-state index contributed by atoms with van der Waals surface area (Å²) in [6.07, 6.45) is 5.79. The van der Waals surface area contributed by atoms with E-state index in [1.54, 1.807) is 12.1 Å². The van der Waals surface area contributed by atoms with Gasteiger partial charge in [0.05, 0.1) is 0 Å². The molecule has 3 N–H and O–H groups in total. The minimum Gasteiger partial charge on any atom is -0.508 e. The fourth-order valence-corrected chi connectivity index (χ4v) is 4.90. The number of nitrogens with zero attached hydrogens (tertiary/aromatic N) is 2. The van der Waals surface area contributed by atoms with Crippen molar-refractivity contribution in [3.63, 3.8) is 0 Å². The van der Waals surface area contributed by atoms with Crippen LogP contribution in [0.2, 0.25) is 0 Å². The molecule has 1 unspecified atom stereocenters. The van der Waals surface area contributed by atoms with E-state index in [1.165, 1.54) is 11.8 Å². The number of carboxylic acids is 1. The van der Waals surface area contributed by atoms with Crippen molar-refractivity contribution in [3.05, 3.63) is 30.0 Å². The number of H-pyrrole nitrogens is 1. The van der Waals surface area contributed by atoms with Gasteiger partial charge in [0.15, 0.2) is 0 Å². The molecule has 0 saturated carbocycles. The zero-order valence-electron chi connectivity index (χ0n) is 15.4. The Balaban J connectivity index is 1.51. The molecule has 0 aliphatic carbocycles. The van der Waals surface area contributed by atoms with Gasteiger partial charge < -0.3 is 20.1 Å². The van der Waals surface area contributed by atoms with Crippen molar-refractivity contribution in [2.24, 2.45) is 0 Å². The van der Waals surface area contributed by atoms with E-state index in [4.69, 9.17) is 5.11 Å². The fraction of sp³-hybridized carbons (Fsp3) is 0.500. The number of nitrogens with one attached hydrogen (secondary N) is 1. The standard InChI is InChI=1S/C20H25N3O4/c1-12(24)22(11-20(26)27)16-6-14-2-3-15(7-16)23(14)10-13-9-21-19-5-4-17(25)8-18(13)19/h4-5,8-9,14-16,21,25H,2-3,6-7,10-11H2,1H3,(H,26,27)/t14-,15+,16?. The summed E-state index contributed by atoms with van der Waals surface area (Å²) >= 11 is 0. The summed E-state index contributed by atoms with van der Waals surface area (Å²) < 4.78 is 0. The van der Waals surface area contributed by atoms with Crippen LogP contribution in [0.15, 0.2) is 24.4 Å². The summed E-state index contributed by atoms with van der Waals surface area (Å²) in [5, 5.41) is 20.0. The fourth-order valence-electron chi connectivity index (χ4n) is 4.90. The molecule has 1 amide bonds. The van der Waals surface area contributed by atoms with Crippen LogP contribution in [0.3, 0.4) is 0 Å². The number of aromatic hydroxyl groups is 1. The molecule has 1 aromatic carbocycles. The molecular formula is C20H25N3O4. The molecule has 7 nitrogen and oxygen atoms in total. The van der Waals surface area contributed by atoms with Gasteiger partial charge in [-0.25, -0.2) is 0 Å². The Morgan fingerprint density at radius 2 is 1.96 bits per heavy atom. The van der Waals surface area contributed by atoms with Crippen molar-refractivity contribution >= 4 is 22.8 Å². The minimum atomic E-state index is -0.960. The first-order chi connectivity index (χ1) is 12.9. The molecule has 2 aromatic rings. The van der Waals surface area contributed by atoms with Crippen molar-refractivity contribution in [2.75, 3.05) is 6.54 Å². The van der Waals surface area contributed by atoms with E-state index in [0.717, 1.165) is 48.7 Å². The lowest BCUT2D eigenvalue weighted by Crippen LogP contribution is -2.52. The molecule has 144 valence electrons. The SMILES string of the molecule is CC(=O)N(CC(=O)O)C1C[C@H]2CC[C@@H](C1)N2Cc1c[nH]c2ccc(O)cc12. The zero-order valence-corrected chi connectivity index (χ0v) is 15.4. The maximum atomic E-state index is 11.9. The van der Waals surface area contributed by atoms with Gasteiger partial charge in [0, 0.05) is 48.7 Å². The third-order valence-electron chi connectivity index (χ3n) is 6.11. The third kappa shape index (κ3) is 3.39. The number of carbonyl (C=O) groups excluding carboxylic acids is 1. The summed E-state index contributed by atoms with van der Waals surface area (Å²) in [7, 11) is 0. The predicted molar refractivity (Wildman–Crippen MR) is 100 cm³/mol. The zero-order chi connectivity index (χ0) is 19.1. The number of aromatic nitrogens is 1. The molecule has 27 heavy (non-hydrogen) atoms. The summed E-state index contributed by atoms with van der Waals surface area (Å²) in [5.74, 6) is -0.864. The normalized spacial score (nSPS) is 25.0. The van der Waals surface area contributed by atoms with Gasteiger partial charge in [0.1, 0.15) is 12.3 Å². The Morgan fingerprint density at radius 1 is 1.26 bits per heavy atom. The van der Waals surface area contributed by atoms with Crippen LogP contribution in [0.5, 0.6) is 5.75 Å². The monoisotopic (exact) mass is 371 g/mol. The van der Waals surface area contributed by atoms with E-state index in [2.05, 4.69) is 9.88 Å². The molecule has 4 rings (SSSR count). The lowest BCUT2D eigenvalue weighted by molar-refractivity contribution is -0.146. The van der Waals surface area contributed by atoms with Gasteiger partial charge in [-0.3, -0.25) is 14.5 Å². The number of amides is 1. The molecule has 7 heteroatoms. The third-order valence-corrected chi connectivity index (χ3v) is 6.11. The smallest absolute Gasteiger partial charge is 0.323 e. The molecule has 2 bridgehead atoms. The van der Waals surface area contributed by atoms with E-state index in [0.29, 0.717) is 12.1 Å². The lowest BCUT2D eigenvalue weighted by atomic mass is 9.95. The van der Waals surface area contributed by atoms with Crippen molar-refractivity contribution in [2.45, 2.75) is 57.3 Å². The van der Waals surface area contributed by atoms with Crippen LogP contribution in [0.1, 0.15) is 38.2 Å². The number of carboxylic acid groups (broad SMARTS) is 1. The van der Waals surface area contributed by atoms with Crippen LogP contribution in [-0.4, -0.2) is 61.5 Å². The van der Waals surface area contributed by atoms with E-state index in [9.17, 15) is 14.7 Å².